The molecule has 0 bridgehead atoms. The fourth-order valence-corrected chi connectivity index (χ4v) is 1.52. The van der Waals surface area contributed by atoms with Gasteiger partial charge in [0.1, 0.15) is 5.75 Å². The summed E-state index contributed by atoms with van der Waals surface area (Å²) in [5, 5.41) is 17.8. The first-order valence-electron chi connectivity index (χ1n) is 4.19. The molecule has 0 aliphatic carbocycles. The Morgan fingerprint density at radius 3 is 2.93 bits per heavy atom. The van der Waals surface area contributed by atoms with Crippen molar-refractivity contribution in [1.29, 1.82) is 5.26 Å². The zero-order chi connectivity index (χ0) is 10.6. The van der Waals surface area contributed by atoms with E-state index in [1.165, 1.54) is 0 Å². The number of halogens is 1. The Labute approximate surface area is 96.5 Å². The molecule has 4 heteroatoms. The Balaban J connectivity index is 3.01. The fraction of sp³-hybridized carbons (Fsp3) is 0.300. The van der Waals surface area contributed by atoms with Gasteiger partial charge in [0, 0.05) is 0 Å². The molecule has 0 spiro atoms. The molecule has 1 aromatic rings. The Kier molecular flexibility index (Phi) is 4.17. The summed E-state index contributed by atoms with van der Waals surface area (Å²) in [5.74, 6) is 0.708. The zero-order valence-electron chi connectivity index (χ0n) is 7.70. The minimum atomic E-state index is -1.08. The second-order valence-corrected chi connectivity index (χ2v) is 3.82. The van der Waals surface area contributed by atoms with Crippen LogP contribution in [0.15, 0.2) is 18.2 Å². The molecule has 0 aliphatic rings. The minimum Gasteiger partial charge on any atom is -0.493 e. The maximum atomic E-state index is 9.29. The molecule has 14 heavy (non-hydrogen) atoms. The van der Waals surface area contributed by atoms with Gasteiger partial charge in [0.05, 0.1) is 16.2 Å². The molecule has 0 saturated carbocycles. The van der Waals surface area contributed by atoms with Gasteiger partial charge in [-0.05, 0) is 47.2 Å². The summed E-state index contributed by atoms with van der Waals surface area (Å²) in [7, 11) is 0. The third kappa shape index (κ3) is 2.59. The van der Waals surface area contributed by atoms with Gasteiger partial charge in [0.25, 0.3) is 0 Å². The van der Waals surface area contributed by atoms with E-state index in [1.54, 1.807) is 18.2 Å². The third-order valence-corrected chi connectivity index (χ3v) is 2.58. The number of hydrogen-bond acceptors (Lipinski definition) is 3. The molecule has 0 aromatic heterocycles. The molecule has 1 rings (SSSR count). The predicted molar refractivity (Wildman–Crippen MR) is 60.9 cm³/mol. The molecular formula is C10H10INO2. The molecule has 1 N–H and O–H groups in total. The second kappa shape index (κ2) is 5.17. The van der Waals surface area contributed by atoms with Gasteiger partial charge in [-0.1, -0.05) is 6.07 Å². The van der Waals surface area contributed by atoms with Crippen LogP contribution in [-0.4, -0.2) is 11.7 Å². The first kappa shape index (κ1) is 11.3. The normalized spacial score (nSPS) is 11.9. The number of hydrogen-bond donors (Lipinski definition) is 1. The van der Waals surface area contributed by atoms with Gasteiger partial charge in [-0.15, -0.1) is 0 Å². The van der Waals surface area contributed by atoms with E-state index in [-0.39, 0.29) is 0 Å². The highest BCUT2D eigenvalue weighted by atomic mass is 127. The number of aliphatic hydroxyl groups excluding tert-OH is 1. The van der Waals surface area contributed by atoms with Crippen LogP contribution in [0.2, 0.25) is 0 Å². The second-order valence-electron chi connectivity index (χ2n) is 2.65. The Morgan fingerprint density at radius 1 is 1.64 bits per heavy atom. The van der Waals surface area contributed by atoms with Crippen LogP contribution in [0, 0.1) is 14.9 Å². The lowest BCUT2D eigenvalue weighted by molar-refractivity contribution is 0.235. The van der Waals surface area contributed by atoms with Gasteiger partial charge in [0.2, 0.25) is 0 Å². The van der Waals surface area contributed by atoms with Crippen molar-refractivity contribution in [3.8, 4) is 11.8 Å². The van der Waals surface area contributed by atoms with Crippen molar-refractivity contribution in [2.75, 3.05) is 6.61 Å². The van der Waals surface area contributed by atoms with E-state index in [0.29, 0.717) is 17.9 Å². The van der Waals surface area contributed by atoms with Crippen LogP contribution in [-0.2, 0) is 0 Å². The van der Waals surface area contributed by atoms with E-state index in [4.69, 9.17) is 10.00 Å². The lowest BCUT2D eigenvalue weighted by Crippen LogP contribution is -1.98. The lowest BCUT2D eigenvalue weighted by Gasteiger charge is -2.08. The van der Waals surface area contributed by atoms with Crippen molar-refractivity contribution >= 4 is 22.6 Å². The average molecular weight is 303 g/mol. The largest absolute Gasteiger partial charge is 0.493 e. The third-order valence-electron chi connectivity index (χ3n) is 1.69. The quantitative estimate of drug-likeness (QED) is 0.688. The molecule has 1 aromatic carbocycles. The fourth-order valence-electron chi connectivity index (χ4n) is 1.03. The van der Waals surface area contributed by atoms with E-state index >= 15 is 0 Å². The van der Waals surface area contributed by atoms with Gasteiger partial charge >= 0.3 is 0 Å². The van der Waals surface area contributed by atoms with Gasteiger partial charge in [-0.25, -0.2) is 0 Å². The summed E-state index contributed by atoms with van der Waals surface area (Å²) in [6.07, 6.45) is -1.08. The standard InChI is InChI=1S/C10H10INO2/c1-2-14-10-5-7(9(13)6-12)3-4-8(10)11/h3-5,9,13H,2H2,1H3. The van der Waals surface area contributed by atoms with Crippen LogP contribution in [0.5, 0.6) is 5.75 Å². The van der Waals surface area contributed by atoms with Gasteiger partial charge in [-0.2, -0.15) is 5.26 Å². The van der Waals surface area contributed by atoms with E-state index in [9.17, 15) is 5.11 Å². The van der Waals surface area contributed by atoms with Crippen molar-refractivity contribution in [2.45, 2.75) is 13.0 Å². The molecule has 0 heterocycles. The highest BCUT2D eigenvalue weighted by molar-refractivity contribution is 14.1. The first-order chi connectivity index (χ1) is 6.69. The molecule has 74 valence electrons. The van der Waals surface area contributed by atoms with Gasteiger partial charge in [0.15, 0.2) is 6.10 Å². The summed E-state index contributed by atoms with van der Waals surface area (Å²) in [6.45, 7) is 2.46. The number of ether oxygens (including phenoxy) is 1. The van der Waals surface area contributed by atoms with Gasteiger partial charge < -0.3 is 9.84 Å². The van der Waals surface area contributed by atoms with Crippen LogP contribution >= 0.6 is 22.6 Å². The summed E-state index contributed by atoms with van der Waals surface area (Å²) < 4.78 is 6.31. The molecule has 3 nitrogen and oxygen atoms in total. The summed E-state index contributed by atoms with van der Waals surface area (Å²) >= 11 is 2.15. The minimum absolute atomic E-state index is 0.566. The molecular weight excluding hydrogens is 293 g/mol. The number of benzene rings is 1. The summed E-state index contributed by atoms with van der Waals surface area (Å²) in [4.78, 5) is 0. The highest BCUT2D eigenvalue weighted by Crippen LogP contribution is 2.25. The monoisotopic (exact) mass is 303 g/mol. The number of rotatable bonds is 3. The molecule has 1 atom stereocenters. The van der Waals surface area contributed by atoms with E-state index < -0.39 is 6.10 Å². The first-order valence-corrected chi connectivity index (χ1v) is 5.26. The van der Waals surface area contributed by atoms with Crippen LogP contribution in [0.3, 0.4) is 0 Å². The van der Waals surface area contributed by atoms with Crippen molar-refractivity contribution in [3.05, 3.63) is 27.3 Å². The maximum Gasteiger partial charge on any atom is 0.166 e. The molecule has 0 amide bonds. The zero-order valence-corrected chi connectivity index (χ0v) is 9.85. The van der Waals surface area contributed by atoms with Crippen molar-refractivity contribution in [1.82, 2.24) is 0 Å². The number of nitriles is 1. The molecule has 1 unspecified atom stereocenters. The molecule has 0 saturated heterocycles. The Hall–Kier alpha value is -0.800. The van der Waals surface area contributed by atoms with E-state index in [0.717, 1.165) is 3.57 Å². The SMILES string of the molecule is CCOc1cc(C(O)C#N)ccc1I. The molecule has 0 fully saturated rings. The Bertz CT molecular complexity index is 360. The predicted octanol–water partition coefficient (Wildman–Crippen LogP) is 2.25. The van der Waals surface area contributed by atoms with Crippen LogP contribution < -0.4 is 4.74 Å². The van der Waals surface area contributed by atoms with Gasteiger partial charge in [-0.3, -0.25) is 0 Å². The van der Waals surface area contributed by atoms with Crippen molar-refractivity contribution in [2.24, 2.45) is 0 Å². The van der Waals surface area contributed by atoms with E-state index in [1.807, 2.05) is 13.0 Å². The topological polar surface area (TPSA) is 53.2 Å². The molecule has 0 radical (unpaired) electrons. The summed E-state index contributed by atoms with van der Waals surface area (Å²) in [6, 6.07) is 7.00. The Morgan fingerprint density at radius 2 is 2.36 bits per heavy atom. The van der Waals surface area contributed by atoms with Crippen molar-refractivity contribution in [3.63, 3.8) is 0 Å². The lowest BCUT2D eigenvalue weighted by atomic mass is 10.1. The number of nitrogens with zero attached hydrogens (tertiary/aromatic N) is 1. The number of aliphatic hydroxyl groups is 1. The average Bonchev–Trinajstić information content (AvgIpc) is 2.20. The highest BCUT2D eigenvalue weighted by Gasteiger charge is 2.08. The smallest absolute Gasteiger partial charge is 0.166 e. The van der Waals surface area contributed by atoms with Crippen LogP contribution in [0.1, 0.15) is 18.6 Å². The van der Waals surface area contributed by atoms with E-state index in [2.05, 4.69) is 22.6 Å². The maximum absolute atomic E-state index is 9.29. The van der Waals surface area contributed by atoms with Crippen molar-refractivity contribution < 1.29 is 9.84 Å². The molecule has 0 aliphatic heterocycles. The van der Waals surface area contributed by atoms with Crippen LogP contribution in [0.25, 0.3) is 0 Å². The summed E-state index contributed by atoms with van der Waals surface area (Å²) in [5.41, 5.74) is 0.566. The van der Waals surface area contributed by atoms with Crippen LogP contribution in [0.4, 0.5) is 0 Å².